The highest BCUT2D eigenvalue weighted by molar-refractivity contribution is 5.92. The quantitative estimate of drug-likeness (QED) is 0.207. The molecule has 1 aromatic carbocycles. The second kappa shape index (κ2) is 12.6. The molecule has 0 heterocycles. The van der Waals surface area contributed by atoms with Gasteiger partial charge in [-0.2, -0.15) is 0 Å². The van der Waals surface area contributed by atoms with E-state index in [2.05, 4.69) is 16.0 Å². The molecule has 4 unspecified atom stereocenters. The van der Waals surface area contributed by atoms with Crippen LogP contribution in [0.3, 0.4) is 0 Å². The minimum absolute atomic E-state index is 0.0249. The Balaban J connectivity index is 2.83. The molecule has 0 saturated carbocycles. The van der Waals surface area contributed by atoms with Crippen molar-refractivity contribution in [3.05, 3.63) is 29.8 Å². The second-order valence-corrected chi connectivity index (χ2v) is 8.00. The van der Waals surface area contributed by atoms with Crippen molar-refractivity contribution in [1.29, 1.82) is 0 Å². The molecule has 0 aliphatic rings. The third-order valence-electron chi connectivity index (χ3n) is 4.60. The number of hydrogen-bond acceptors (Lipinski definition) is 7. The Labute approximate surface area is 186 Å². The number of amides is 3. The first kappa shape index (κ1) is 26.9. The number of aliphatic carboxylic acids is 1. The molecule has 0 bridgehead atoms. The first-order valence-electron chi connectivity index (χ1n) is 10.2. The lowest BCUT2D eigenvalue weighted by atomic mass is 10.0. The fraction of sp³-hybridized carbons (Fsp3) is 0.524. The van der Waals surface area contributed by atoms with Crippen molar-refractivity contribution in [3.8, 4) is 5.75 Å². The standard InChI is InChI=1S/C21H32N4O7/c1-11(2)8-16(21(31)32)24-17(28)10-23-19(29)15(25-20(30)18(22)12(3)26)9-13-4-6-14(27)7-5-13/h4-7,11-12,15-16,18,26-27H,8-10,22H2,1-3H3,(H,23,29)(H,24,28)(H,25,30)(H,31,32). The van der Waals surface area contributed by atoms with E-state index in [0.717, 1.165) is 0 Å². The van der Waals surface area contributed by atoms with Gasteiger partial charge in [-0.1, -0.05) is 26.0 Å². The summed E-state index contributed by atoms with van der Waals surface area (Å²) in [6, 6.07) is 2.48. The Morgan fingerprint density at radius 1 is 0.969 bits per heavy atom. The Morgan fingerprint density at radius 2 is 1.56 bits per heavy atom. The van der Waals surface area contributed by atoms with Gasteiger partial charge in [0.1, 0.15) is 23.9 Å². The topological polar surface area (TPSA) is 191 Å². The predicted octanol–water partition coefficient (Wildman–Crippen LogP) is -1.14. The van der Waals surface area contributed by atoms with Crippen LogP contribution >= 0.6 is 0 Å². The molecule has 11 nitrogen and oxygen atoms in total. The number of rotatable bonds is 12. The van der Waals surface area contributed by atoms with E-state index in [1.165, 1.54) is 19.1 Å². The first-order chi connectivity index (χ1) is 14.9. The molecule has 8 N–H and O–H groups in total. The number of carboxylic acids is 1. The van der Waals surface area contributed by atoms with E-state index >= 15 is 0 Å². The summed E-state index contributed by atoms with van der Waals surface area (Å²) >= 11 is 0. The zero-order valence-electron chi connectivity index (χ0n) is 18.4. The fourth-order valence-corrected chi connectivity index (χ4v) is 2.79. The number of aliphatic hydroxyl groups is 1. The van der Waals surface area contributed by atoms with Crippen molar-refractivity contribution in [2.75, 3.05) is 6.54 Å². The lowest BCUT2D eigenvalue weighted by molar-refractivity contribution is -0.142. The van der Waals surface area contributed by atoms with Gasteiger partial charge >= 0.3 is 5.97 Å². The van der Waals surface area contributed by atoms with Crippen molar-refractivity contribution >= 4 is 23.7 Å². The molecule has 0 spiro atoms. The molecule has 0 aromatic heterocycles. The van der Waals surface area contributed by atoms with Crippen LogP contribution < -0.4 is 21.7 Å². The lowest BCUT2D eigenvalue weighted by Crippen LogP contribution is -2.56. The van der Waals surface area contributed by atoms with Crippen molar-refractivity contribution in [3.63, 3.8) is 0 Å². The third-order valence-corrected chi connectivity index (χ3v) is 4.60. The van der Waals surface area contributed by atoms with Crippen LogP contribution in [0.15, 0.2) is 24.3 Å². The van der Waals surface area contributed by atoms with Crippen LogP contribution in [0.2, 0.25) is 0 Å². The zero-order valence-corrected chi connectivity index (χ0v) is 18.4. The monoisotopic (exact) mass is 452 g/mol. The molecule has 0 radical (unpaired) electrons. The molecular formula is C21H32N4O7. The van der Waals surface area contributed by atoms with Crippen LogP contribution in [-0.4, -0.2) is 69.8 Å². The van der Waals surface area contributed by atoms with Gasteiger partial charge in [-0.15, -0.1) is 0 Å². The number of nitrogens with one attached hydrogen (secondary N) is 3. The lowest BCUT2D eigenvalue weighted by Gasteiger charge is -2.22. The number of hydrogen-bond donors (Lipinski definition) is 7. The number of phenolic OH excluding ortho intramolecular Hbond substituents is 1. The maximum Gasteiger partial charge on any atom is 0.326 e. The summed E-state index contributed by atoms with van der Waals surface area (Å²) in [5.74, 6) is -3.26. The highest BCUT2D eigenvalue weighted by Gasteiger charge is 2.27. The van der Waals surface area contributed by atoms with E-state index in [-0.39, 0.29) is 24.5 Å². The SMILES string of the molecule is CC(C)CC(NC(=O)CNC(=O)C(Cc1ccc(O)cc1)NC(=O)C(N)C(C)O)C(=O)O. The minimum Gasteiger partial charge on any atom is -0.508 e. The summed E-state index contributed by atoms with van der Waals surface area (Å²) in [7, 11) is 0. The smallest absolute Gasteiger partial charge is 0.326 e. The van der Waals surface area contributed by atoms with Crippen LogP contribution in [0.5, 0.6) is 5.75 Å². The van der Waals surface area contributed by atoms with Gasteiger partial charge in [0.25, 0.3) is 0 Å². The zero-order chi connectivity index (χ0) is 24.4. The van der Waals surface area contributed by atoms with E-state index < -0.39 is 54.5 Å². The van der Waals surface area contributed by atoms with Crippen LogP contribution in [0.1, 0.15) is 32.8 Å². The summed E-state index contributed by atoms with van der Waals surface area (Å²) < 4.78 is 0. The van der Waals surface area contributed by atoms with E-state index in [0.29, 0.717) is 5.56 Å². The van der Waals surface area contributed by atoms with E-state index in [9.17, 15) is 34.5 Å². The summed E-state index contributed by atoms with van der Waals surface area (Å²) in [6.45, 7) is 4.47. The van der Waals surface area contributed by atoms with Gasteiger partial charge in [0, 0.05) is 6.42 Å². The number of carbonyl (C=O) groups excluding carboxylic acids is 3. The molecule has 4 atom stereocenters. The number of aromatic hydroxyl groups is 1. The minimum atomic E-state index is -1.26. The highest BCUT2D eigenvalue weighted by atomic mass is 16.4. The summed E-state index contributed by atoms with van der Waals surface area (Å²) in [5, 5.41) is 35.3. The number of carbonyl (C=O) groups is 4. The molecule has 1 rings (SSSR count). The summed E-state index contributed by atoms with van der Waals surface area (Å²) in [4.78, 5) is 48.3. The van der Waals surface area contributed by atoms with Gasteiger partial charge in [-0.05, 0) is 37.0 Å². The second-order valence-electron chi connectivity index (χ2n) is 8.00. The maximum atomic E-state index is 12.7. The Hall–Kier alpha value is -3.18. The van der Waals surface area contributed by atoms with Gasteiger partial charge in [0.15, 0.2) is 0 Å². The van der Waals surface area contributed by atoms with Crippen molar-refractivity contribution in [1.82, 2.24) is 16.0 Å². The highest BCUT2D eigenvalue weighted by Crippen LogP contribution is 2.12. The number of carboxylic acid groups (broad SMARTS) is 1. The normalized spacial score (nSPS) is 14.7. The van der Waals surface area contributed by atoms with Gasteiger partial charge in [-0.3, -0.25) is 14.4 Å². The van der Waals surface area contributed by atoms with Crippen LogP contribution in [0.25, 0.3) is 0 Å². The molecule has 0 saturated heterocycles. The van der Waals surface area contributed by atoms with E-state index in [1.807, 2.05) is 13.8 Å². The molecular weight excluding hydrogens is 420 g/mol. The van der Waals surface area contributed by atoms with Crippen molar-refractivity contribution in [2.45, 2.75) is 57.8 Å². The summed E-state index contributed by atoms with van der Waals surface area (Å²) in [5.41, 5.74) is 6.23. The average molecular weight is 453 g/mol. The molecule has 0 fully saturated rings. The molecule has 32 heavy (non-hydrogen) atoms. The van der Waals surface area contributed by atoms with Crippen LogP contribution in [-0.2, 0) is 25.6 Å². The van der Waals surface area contributed by atoms with Crippen LogP contribution in [0.4, 0.5) is 0 Å². The molecule has 3 amide bonds. The number of benzene rings is 1. The average Bonchev–Trinajstić information content (AvgIpc) is 2.71. The largest absolute Gasteiger partial charge is 0.508 e. The Morgan fingerprint density at radius 3 is 2.06 bits per heavy atom. The molecule has 1 aromatic rings. The summed E-state index contributed by atoms with van der Waals surface area (Å²) in [6.07, 6.45) is -0.893. The van der Waals surface area contributed by atoms with E-state index in [4.69, 9.17) is 5.73 Å². The predicted molar refractivity (Wildman–Crippen MR) is 115 cm³/mol. The van der Waals surface area contributed by atoms with Crippen molar-refractivity contribution in [2.24, 2.45) is 11.7 Å². The van der Waals surface area contributed by atoms with Crippen LogP contribution in [0, 0.1) is 5.92 Å². The van der Waals surface area contributed by atoms with Gasteiger partial charge < -0.3 is 37.0 Å². The van der Waals surface area contributed by atoms with Gasteiger partial charge in [-0.25, -0.2) is 4.79 Å². The first-order valence-corrected chi connectivity index (χ1v) is 10.2. The molecule has 0 aliphatic heterocycles. The molecule has 0 aliphatic carbocycles. The number of phenols is 1. The van der Waals surface area contributed by atoms with Gasteiger partial charge in [0.05, 0.1) is 12.6 Å². The third kappa shape index (κ3) is 9.31. The number of aliphatic hydroxyl groups excluding tert-OH is 1. The maximum absolute atomic E-state index is 12.7. The number of nitrogens with two attached hydrogens (primary N) is 1. The Kier molecular flexibility index (Phi) is 10.6. The molecule has 11 heteroatoms. The Bertz CT molecular complexity index is 796. The van der Waals surface area contributed by atoms with Gasteiger partial charge in [0.2, 0.25) is 17.7 Å². The van der Waals surface area contributed by atoms with E-state index in [1.54, 1.807) is 12.1 Å². The fourth-order valence-electron chi connectivity index (χ4n) is 2.79. The van der Waals surface area contributed by atoms with Crippen molar-refractivity contribution < 1.29 is 34.5 Å². The molecule has 178 valence electrons.